The number of carbonyl (C=O) groups excluding carboxylic acids is 1. The molecule has 2 fully saturated rings. The molecule has 3 unspecified atom stereocenters. The molecular formula is C25H33N3O. The molecule has 5 rings (SSSR count). The summed E-state index contributed by atoms with van der Waals surface area (Å²) in [4.78, 5) is 13.5. The number of carbonyl (C=O) groups is 1. The van der Waals surface area contributed by atoms with Crippen LogP contribution in [0.3, 0.4) is 0 Å². The van der Waals surface area contributed by atoms with Gasteiger partial charge in [0.05, 0.1) is 5.69 Å². The molecule has 1 aromatic heterocycles. The zero-order valence-electron chi connectivity index (χ0n) is 18.2. The van der Waals surface area contributed by atoms with Crippen molar-refractivity contribution in [2.24, 2.45) is 16.7 Å². The van der Waals surface area contributed by atoms with Crippen LogP contribution in [0.4, 0.5) is 0 Å². The van der Waals surface area contributed by atoms with Crippen molar-refractivity contribution in [1.82, 2.24) is 15.1 Å². The highest BCUT2D eigenvalue weighted by molar-refractivity contribution is 5.94. The fraction of sp³-hybridized carbons (Fsp3) is 0.600. The monoisotopic (exact) mass is 391 g/mol. The Morgan fingerprint density at radius 1 is 1.14 bits per heavy atom. The summed E-state index contributed by atoms with van der Waals surface area (Å²) in [6, 6.07) is 8.68. The Morgan fingerprint density at radius 3 is 2.55 bits per heavy atom. The Kier molecular flexibility index (Phi) is 4.20. The first kappa shape index (κ1) is 18.9. The molecule has 0 saturated heterocycles. The number of nitrogens with zero attached hydrogens (tertiary/aromatic N) is 2. The first-order chi connectivity index (χ1) is 13.8. The molecule has 1 amide bonds. The van der Waals surface area contributed by atoms with Crippen molar-refractivity contribution in [2.75, 3.05) is 0 Å². The predicted octanol–water partition coefficient (Wildman–Crippen LogP) is 5.00. The van der Waals surface area contributed by atoms with Gasteiger partial charge in [0.1, 0.15) is 0 Å². The zero-order valence-corrected chi connectivity index (χ0v) is 18.2. The maximum absolute atomic E-state index is 13.5. The zero-order chi connectivity index (χ0) is 20.4. The summed E-state index contributed by atoms with van der Waals surface area (Å²) in [5, 5.41) is 8.34. The molecule has 154 valence electrons. The predicted molar refractivity (Wildman–Crippen MR) is 115 cm³/mol. The van der Waals surface area contributed by atoms with Crippen molar-refractivity contribution in [3.8, 4) is 5.69 Å². The SMILES string of the molecule is Cc1ccc(-n2nc(C(=O)NC3C4(C)CCC(C4)C3(C)C)c3c2CCCC3)cc1. The number of rotatable bonds is 3. The van der Waals surface area contributed by atoms with Gasteiger partial charge in [0.15, 0.2) is 5.69 Å². The lowest BCUT2D eigenvalue weighted by atomic mass is 9.68. The average Bonchev–Trinajstić information content (AvgIpc) is 3.33. The third kappa shape index (κ3) is 2.86. The second-order valence-corrected chi connectivity index (χ2v) is 10.5. The number of hydrogen-bond acceptors (Lipinski definition) is 2. The van der Waals surface area contributed by atoms with Crippen LogP contribution < -0.4 is 5.32 Å². The van der Waals surface area contributed by atoms with Crippen LogP contribution in [0, 0.1) is 23.7 Å². The lowest BCUT2D eigenvalue weighted by Crippen LogP contribution is -2.52. The fourth-order valence-corrected chi connectivity index (χ4v) is 6.54. The van der Waals surface area contributed by atoms with Gasteiger partial charge in [0.2, 0.25) is 0 Å². The van der Waals surface area contributed by atoms with Crippen LogP contribution in [-0.4, -0.2) is 21.7 Å². The van der Waals surface area contributed by atoms with Crippen molar-refractivity contribution in [3.63, 3.8) is 0 Å². The van der Waals surface area contributed by atoms with Gasteiger partial charge in [-0.25, -0.2) is 4.68 Å². The lowest BCUT2D eigenvalue weighted by Gasteiger charge is -2.43. The van der Waals surface area contributed by atoms with Crippen LogP contribution >= 0.6 is 0 Å². The number of fused-ring (bicyclic) bond motifs is 3. The third-order valence-electron chi connectivity index (χ3n) is 8.22. The molecule has 0 aliphatic heterocycles. The number of hydrogen-bond donors (Lipinski definition) is 1. The van der Waals surface area contributed by atoms with Gasteiger partial charge in [-0.1, -0.05) is 38.5 Å². The molecule has 0 radical (unpaired) electrons. The molecule has 29 heavy (non-hydrogen) atoms. The molecule has 2 bridgehead atoms. The number of aryl methyl sites for hydroxylation is 1. The molecule has 3 aliphatic carbocycles. The second kappa shape index (κ2) is 6.45. The summed E-state index contributed by atoms with van der Waals surface area (Å²) in [5.41, 5.74) is 5.72. The number of benzene rings is 1. The van der Waals surface area contributed by atoms with Gasteiger partial charge < -0.3 is 5.32 Å². The van der Waals surface area contributed by atoms with E-state index in [0.29, 0.717) is 5.69 Å². The Balaban J connectivity index is 1.50. The second-order valence-electron chi connectivity index (χ2n) is 10.5. The summed E-state index contributed by atoms with van der Waals surface area (Å²) < 4.78 is 2.02. The van der Waals surface area contributed by atoms with E-state index in [1.54, 1.807) is 0 Å². The maximum atomic E-state index is 13.5. The molecule has 2 saturated carbocycles. The van der Waals surface area contributed by atoms with Gasteiger partial charge >= 0.3 is 0 Å². The van der Waals surface area contributed by atoms with E-state index in [4.69, 9.17) is 5.10 Å². The highest BCUT2D eigenvalue weighted by atomic mass is 16.2. The van der Waals surface area contributed by atoms with E-state index in [2.05, 4.69) is 57.3 Å². The van der Waals surface area contributed by atoms with Crippen molar-refractivity contribution >= 4 is 5.91 Å². The van der Waals surface area contributed by atoms with Crippen molar-refractivity contribution in [1.29, 1.82) is 0 Å². The molecule has 1 N–H and O–H groups in total. The molecule has 3 aliphatic rings. The highest BCUT2D eigenvalue weighted by Crippen LogP contribution is 2.62. The van der Waals surface area contributed by atoms with Crippen molar-refractivity contribution < 1.29 is 4.79 Å². The minimum atomic E-state index is 0.0286. The topological polar surface area (TPSA) is 46.9 Å². The number of amides is 1. The summed E-state index contributed by atoms with van der Waals surface area (Å²) in [5.74, 6) is 0.748. The maximum Gasteiger partial charge on any atom is 0.272 e. The summed E-state index contributed by atoms with van der Waals surface area (Å²) in [7, 11) is 0. The van der Waals surface area contributed by atoms with E-state index < -0.39 is 0 Å². The standard InChI is InChI=1S/C25H33N3O/c1-16-9-11-18(12-10-16)28-20-8-6-5-7-19(20)21(27-28)22(29)26-23-24(2,3)17-13-14-25(23,4)15-17/h9-12,17,23H,5-8,13-15H2,1-4H3,(H,26,29). The largest absolute Gasteiger partial charge is 0.347 e. The average molecular weight is 392 g/mol. The lowest BCUT2D eigenvalue weighted by molar-refractivity contribution is 0.0732. The molecule has 0 spiro atoms. The van der Waals surface area contributed by atoms with Crippen molar-refractivity contribution in [2.45, 2.75) is 78.7 Å². The minimum Gasteiger partial charge on any atom is -0.347 e. The van der Waals surface area contributed by atoms with Gasteiger partial charge in [0.25, 0.3) is 5.91 Å². The van der Waals surface area contributed by atoms with E-state index in [0.717, 1.165) is 30.9 Å². The Labute approximate surface area is 174 Å². The molecule has 1 heterocycles. The minimum absolute atomic E-state index is 0.0286. The number of nitrogens with one attached hydrogen (secondary N) is 1. The van der Waals surface area contributed by atoms with E-state index in [-0.39, 0.29) is 22.8 Å². The summed E-state index contributed by atoms with van der Waals surface area (Å²) in [6.45, 7) is 9.15. The molecule has 4 heteroatoms. The molecular weight excluding hydrogens is 358 g/mol. The van der Waals surface area contributed by atoms with Crippen LogP contribution in [0.2, 0.25) is 0 Å². The van der Waals surface area contributed by atoms with Gasteiger partial charge in [0, 0.05) is 17.3 Å². The van der Waals surface area contributed by atoms with Crippen LogP contribution in [0.15, 0.2) is 24.3 Å². The van der Waals surface area contributed by atoms with Crippen LogP contribution in [0.25, 0.3) is 5.69 Å². The molecule has 2 aromatic rings. The van der Waals surface area contributed by atoms with Gasteiger partial charge in [-0.3, -0.25) is 4.79 Å². The quantitative estimate of drug-likeness (QED) is 0.800. The van der Waals surface area contributed by atoms with Gasteiger partial charge in [-0.2, -0.15) is 5.10 Å². The smallest absolute Gasteiger partial charge is 0.272 e. The normalized spacial score (nSPS) is 29.7. The molecule has 4 nitrogen and oxygen atoms in total. The van der Waals surface area contributed by atoms with Crippen LogP contribution in [0.1, 0.15) is 80.2 Å². The number of aromatic nitrogens is 2. The van der Waals surface area contributed by atoms with Gasteiger partial charge in [-0.15, -0.1) is 0 Å². The van der Waals surface area contributed by atoms with Crippen LogP contribution in [0.5, 0.6) is 0 Å². The Bertz CT molecular complexity index is 950. The Morgan fingerprint density at radius 2 is 1.86 bits per heavy atom. The first-order valence-electron chi connectivity index (χ1n) is 11.3. The molecule has 1 aromatic carbocycles. The third-order valence-corrected chi connectivity index (χ3v) is 8.22. The van der Waals surface area contributed by atoms with Gasteiger partial charge in [-0.05, 0) is 80.8 Å². The summed E-state index contributed by atoms with van der Waals surface area (Å²) >= 11 is 0. The van der Waals surface area contributed by atoms with E-state index in [1.165, 1.54) is 42.5 Å². The van der Waals surface area contributed by atoms with E-state index in [9.17, 15) is 4.79 Å². The van der Waals surface area contributed by atoms with E-state index >= 15 is 0 Å². The van der Waals surface area contributed by atoms with E-state index in [1.807, 2.05) is 4.68 Å². The van der Waals surface area contributed by atoms with Crippen molar-refractivity contribution in [3.05, 3.63) is 46.8 Å². The Hall–Kier alpha value is -2.10. The van der Waals surface area contributed by atoms with Crippen LogP contribution in [-0.2, 0) is 12.8 Å². The fourth-order valence-electron chi connectivity index (χ4n) is 6.54. The molecule has 3 atom stereocenters. The summed E-state index contributed by atoms with van der Waals surface area (Å²) in [6.07, 6.45) is 8.02. The highest BCUT2D eigenvalue weighted by Gasteiger charge is 2.59. The first-order valence-corrected chi connectivity index (χ1v) is 11.3.